The first-order valence-electron chi connectivity index (χ1n) is 32.2. The Morgan fingerprint density at radius 1 is 0.527 bits per heavy atom. The van der Waals surface area contributed by atoms with Crippen LogP contribution in [0.2, 0.25) is 0 Å². The summed E-state index contributed by atoms with van der Waals surface area (Å²) in [6.07, 6.45) is 25.7. The number of benzene rings is 4. The van der Waals surface area contributed by atoms with E-state index in [2.05, 4.69) is 84.3 Å². The zero-order valence-corrected chi connectivity index (χ0v) is 55.8. The summed E-state index contributed by atoms with van der Waals surface area (Å²) in [5.41, 5.74) is 10.00. The predicted molar refractivity (Wildman–Crippen MR) is 362 cm³/mol. The number of carbonyl (C=O) groups excluding carboxylic acids is 9. The third kappa shape index (κ3) is 18.6. The van der Waals surface area contributed by atoms with Gasteiger partial charge in [0, 0.05) is 53.1 Å². The molecule has 0 spiro atoms. The van der Waals surface area contributed by atoms with Gasteiger partial charge in [0.1, 0.15) is 23.0 Å². The number of carboxylic acid groups (broad SMARTS) is 1. The van der Waals surface area contributed by atoms with Crippen molar-refractivity contribution in [3.63, 3.8) is 0 Å². The Kier molecular flexibility index (Phi) is 26.4. The minimum absolute atomic E-state index is 0.114. The molecule has 4 aromatic carbocycles. The number of fused-ring (bicyclic) bond motifs is 2. The molecule has 9 amide bonds. The van der Waals surface area contributed by atoms with Gasteiger partial charge < -0.3 is 36.6 Å². The number of hydrogen-bond donors (Lipinski definition) is 5. The Balaban J connectivity index is 0.000000199. The van der Waals surface area contributed by atoms with Crippen molar-refractivity contribution in [2.24, 2.45) is 29.4 Å². The van der Waals surface area contributed by atoms with Crippen molar-refractivity contribution in [1.82, 2.24) is 35.6 Å². The topological polar surface area (TPSA) is 266 Å². The number of amides is 9. The third-order valence-electron chi connectivity index (χ3n) is 18.2. The number of unbranched alkanes of at least 4 members (excludes halogenated alkanes) is 2. The van der Waals surface area contributed by atoms with Gasteiger partial charge in [0.25, 0.3) is 23.6 Å². The molecule has 492 valence electrons. The summed E-state index contributed by atoms with van der Waals surface area (Å²) in [5, 5.41) is 17.2. The molecule has 21 heteroatoms. The lowest BCUT2D eigenvalue weighted by atomic mass is 9.81. The van der Waals surface area contributed by atoms with Gasteiger partial charge in [-0.15, -0.1) is 0 Å². The van der Waals surface area contributed by atoms with Crippen molar-refractivity contribution in [2.45, 2.75) is 124 Å². The molecule has 4 aliphatic heterocycles. The monoisotopic (exact) mass is 1390 g/mol. The lowest BCUT2D eigenvalue weighted by Crippen LogP contribution is -2.56. The highest BCUT2D eigenvalue weighted by Crippen LogP contribution is 2.34. The third-order valence-corrected chi connectivity index (χ3v) is 19.9. The Labute approximate surface area is 561 Å². The van der Waals surface area contributed by atoms with Crippen molar-refractivity contribution in [2.75, 3.05) is 40.3 Å². The van der Waals surface area contributed by atoms with Gasteiger partial charge in [-0.25, -0.2) is 0 Å². The highest BCUT2D eigenvalue weighted by molar-refractivity contribution is 9.10. The molecule has 6 aliphatic rings. The van der Waals surface area contributed by atoms with Gasteiger partial charge in [-0.2, -0.15) is 0 Å². The summed E-state index contributed by atoms with van der Waals surface area (Å²) >= 11 is 6.57. The molecule has 10 atom stereocenters. The molecule has 4 heterocycles. The minimum atomic E-state index is -0.897. The van der Waals surface area contributed by atoms with Crippen LogP contribution in [0.25, 0.3) is 0 Å². The molecule has 2 aliphatic carbocycles. The van der Waals surface area contributed by atoms with E-state index in [1.54, 1.807) is 72.4 Å². The number of aliphatic carboxylic acids is 1. The number of halogens is 2. The number of likely N-dealkylation sites (tertiary alicyclic amines) is 2. The number of alkyl halides is 2. The summed E-state index contributed by atoms with van der Waals surface area (Å²) in [5.74, 6) is -1.87. The van der Waals surface area contributed by atoms with Crippen LogP contribution in [-0.2, 0) is 41.6 Å². The van der Waals surface area contributed by atoms with Crippen LogP contribution in [0.5, 0.6) is 0 Å². The number of likely N-dealkylation sites (N-methyl/N-ethyl adjacent to an activating group) is 2. The first kappa shape index (κ1) is 70.7. The number of allylic oxidation sites excluding steroid dienone is 8. The second-order valence-corrected chi connectivity index (χ2v) is 26.5. The van der Waals surface area contributed by atoms with E-state index in [-0.39, 0.29) is 71.5 Å². The van der Waals surface area contributed by atoms with Crippen LogP contribution < -0.4 is 21.7 Å². The number of rotatable bonds is 23. The van der Waals surface area contributed by atoms with Crippen LogP contribution in [0.3, 0.4) is 0 Å². The first-order chi connectivity index (χ1) is 44.9. The Morgan fingerprint density at radius 3 is 1.32 bits per heavy atom. The van der Waals surface area contributed by atoms with Gasteiger partial charge in [0.05, 0.1) is 33.1 Å². The number of nitrogens with two attached hydrogens (primary N) is 1. The van der Waals surface area contributed by atoms with Crippen molar-refractivity contribution < 1.29 is 53.1 Å². The molecular weight excluding hydrogens is 1310 g/mol. The Bertz CT molecular complexity index is 3380. The fourth-order valence-electron chi connectivity index (χ4n) is 13.0. The van der Waals surface area contributed by atoms with Crippen LogP contribution in [0.1, 0.15) is 130 Å². The predicted octanol–water partition coefficient (Wildman–Crippen LogP) is 8.77. The molecule has 93 heavy (non-hydrogen) atoms. The molecule has 2 fully saturated rings. The summed E-state index contributed by atoms with van der Waals surface area (Å²) in [6.45, 7) is 1.59. The summed E-state index contributed by atoms with van der Waals surface area (Å²) < 4.78 is 0. The highest BCUT2D eigenvalue weighted by atomic mass is 79.9. The van der Waals surface area contributed by atoms with E-state index < -0.39 is 39.8 Å². The van der Waals surface area contributed by atoms with E-state index in [1.165, 1.54) is 9.80 Å². The number of nitrogens with one attached hydrogen (secondary N) is 3. The van der Waals surface area contributed by atoms with Crippen molar-refractivity contribution in [3.05, 3.63) is 191 Å². The highest BCUT2D eigenvalue weighted by Gasteiger charge is 2.42. The normalized spacial score (nSPS) is 22.0. The van der Waals surface area contributed by atoms with Crippen LogP contribution in [-0.4, -0.2) is 158 Å². The molecule has 0 bridgehead atoms. The maximum Gasteiger partial charge on any atom is 0.317 e. The number of imide groups is 2. The van der Waals surface area contributed by atoms with E-state index in [0.29, 0.717) is 118 Å². The molecule has 4 aromatic rings. The van der Waals surface area contributed by atoms with E-state index >= 15 is 0 Å². The zero-order chi connectivity index (χ0) is 66.6. The smallest absolute Gasteiger partial charge is 0.317 e. The summed E-state index contributed by atoms with van der Waals surface area (Å²) in [4.78, 5) is 131. The van der Waals surface area contributed by atoms with Gasteiger partial charge in [-0.1, -0.05) is 172 Å². The van der Waals surface area contributed by atoms with Gasteiger partial charge >= 0.3 is 5.97 Å². The lowest BCUT2D eigenvalue weighted by Gasteiger charge is -2.32. The Morgan fingerprint density at radius 2 is 0.925 bits per heavy atom. The fraction of sp³-hybridized carbons (Fsp3) is 0.417. The van der Waals surface area contributed by atoms with Gasteiger partial charge in [0.2, 0.25) is 29.5 Å². The molecular formula is C72H84Br2N8O11. The van der Waals surface area contributed by atoms with E-state index in [1.807, 2.05) is 72.8 Å². The molecule has 0 aromatic heterocycles. The van der Waals surface area contributed by atoms with Crippen molar-refractivity contribution in [1.29, 1.82) is 0 Å². The summed E-state index contributed by atoms with van der Waals surface area (Å²) in [7, 11) is 3.19. The average Bonchev–Trinajstić information content (AvgIpc) is 1.72. The zero-order valence-electron chi connectivity index (χ0n) is 52.7. The van der Waals surface area contributed by atoms with Gasteiger partial charge in [-0.3, -0.25) is 57.7 Å². The molecule has 0 radical (unpaired) electrons. The van der Waals surface area contributed by atoms with Crippen LogP contribution >= 0.6 is 31.9 Å². The molecule has 2 saturated heterocycles. The number of nitrogens with zero attached hydrogens (tertiary/aromatic N) is 4. The van der Waals surface area contributed by atoms with E-state index in [4.69, 9.17) is 10.8 Å². The molecule has 5 unspecified atom stereocenters. The van der Waals surface area contributed by atoms with Crippen LogP contribution in [0, 0.1) is 23.7 Å². The maximum atomic E-state index is 14.2. The molecule has 6 N–H and O–H groups in total. The number of carbonyl (C=O) groups is 10. The maximum absolute atomic E-state index is 14.2. The largest absolute Gasteiger partial charge is 0.480 e. The lowest BCUT2D eigenvalue weighted by molar-refractivity contribution is -0.142. The average molecular weight is 1400 g/mol. The van der Waals surface area contributed by atoms with Crippen molar-refractivity contribution in [3.8, 4) is 0 Å². The van der Waals surface area contributed by atoms with E-state index in [9.17, 15) is 47.9 Å². The van der Waals surface area contributed by atoms with E-state index in [0.717, 1.165) is 36.8 Å². The van der Waals surface area contributed by atoms with Crippen LogP contribution in [0.15, 0.2) is 158 Å². The Hall–Kier alpha value is -8.14. The summed E-state index contributed by atoms with van der Waals surface area (Å²) in [6, 6.07) is 30.5. The SMILES string of the molecule is CNC(=O)[C@H](Cc1ccccc1)N1CCC([C@H]2C=CC=CC2)CC(NC(=O)C(Br)CCCCN2C(=O)c3ccccc3C2=O)C1=O.CNC(=O)[C@H](Cc1ccccc1)N1CCC([C@H]2C=CC=CC2)C[C@H](N)C1=O.O=C(O)C(Br)CCCCN1C(=O)c2ccccc2C1=O. The molecule has 19 nitrogen and oxygen atoms in total. The second-order valence-electron chi connectivity index (χ2n) is 24.2. The fourth-order valence-corrected chi connectivity index (χ4v) is 13.8. The van der Waals surface area contributed by atoms with Gasteiger partial charge in [-0.05, 0) is 130 Å². The second kappa shape index (κ2) is 34.7. The minimum Gasteiger partial charge on any atom is -0.480 e. The number of hydrogen-bond acceptors (Lipinski definition) is 11. The van der Waals surface area contributed by atoms with Gasteiger partial charge in [0.15, 0.2) is 0 Å². The molecule has 10 rings (SSSR count). The first-order valence-corrected chi connectivity index (χ1v) is 34.0. The van der Waals surface area contributed by atoms with Crippen molar-refractivity contribution >= 4 is 91.0 Å². The number of carboxylic acids is 1. The van der Waals surface area contributed by atoms with Crippen LogP contribution in [0.4, 0.5) is 0 Å². The quantitative estimate of drug-likeness (QED) is 0.0265. The molecule has 0 saturated carbocycles. The standard InChI is InChI=1S/C36H41BrN4O5.C22H29N3O2.C14H14BrNO4/c1-38-33(43)31(22-24-12-4-2-5-13-24)40-21-19-26(25-14-6-3-7-15-25)23-30(36(40)46)39-32(42)29(37)18-10-11-20-41-34(44)27-16-8-9-17-28(27)35(41)45;1-24-21(26)20(14-16-8-4-2-5-9-16)25-13-12-18(15-19(23)22(25)27)17-10-6-3-7-11-17;15-11(14(19)20)7-3-4-8-16-12(17)9-5-1-2-6-10(9)13(16)18/h2-9,12-14,16-17,25-26,29-31H,10-11,15,18-23H2,1H3,(H,38,43)(H,39,42);2-10,17-20H,11-15,23H2,1H3,(H,24,26);1-2,5-6,11H,3-4,7-8H2,(H,19,20)/t25-,26?,29?,30?,31-;17-,18?,19-,20-;/m00./s1.